The van der Waals surface area contributed by atoms with E-state index in [2.05, 4.69) is 21.4 Å². The summed E-state index contributed by atoms with van der Waals surface area (Å²) in [6, 6.07) is 23.3. The van der Waals surface area contributed by atoms with Crippen molar-refractivity contribution in [2.75, 3.05) is 13.7 Å². The highest BCUT2D eigenvalue weighted by atomic mass is 16.5. The third-order valence-corrected chi connectivity index (χ3v) is 6.07. The average Bonchev–Trinajstić information content (AvgIpc) is 3.30. The molecular formula is C27H24N4O3. The van der Waals surface area contributed by atoms with E-state index >= 15 is 0 Å². The third-order valence-electron chi connectivity index (χ3n) is 6.07. The van der Waals surface area contributed by atoms with Gasteiger partial charge in [-0.1, -0.05) is 42.5 Å². The first-order valence-electron chi connectivity index (χ1n) is 11.1. The van der Waals surface area contributed by atoms with Crippen molar-refractivity contribution >= 4 is 27.8 Å². The third kappa shape index (κ3) is 4.15. The molecule has 7 nitrogen and oxygen atoms in total. The molecule has 3 aromatic carbocycles. The van der Waals surface area contributed by atoms with Crippen molar-refractivity contribution < 1.29 is 9.53 Å². The monoisotopic (exact) mass is 452 g/mol. The van der Waals surface area contributed by atoms with E-state index in [-0.39, 0.29) is 23.9 Å². The first-order chi connectivity index (χ1) is 16.6. The Balaban J connectivity index is 1.42. The highest BCUT2D eigenvalue weighted by Crippen LogP contribution is 2.31. The fourth-order valence-corrected chi connectivity index (χ4v) is 4.32. The molecule has 0 aliphatic rings. The van der Waals surface area contributed by atoms with Crippen molar-refractivity contribution in [3.63, 3.8) is 0 Å². The van der Waals surface area contributed by atoms with E-state index in [1.807, 2.05) is 66.9 Å². The average molecular weight is 453 g/mol. The maximum Gasteiger partial charge on any atom is 0.269 e. The second-order valence-corrected chi connectivity index (χ2v) is 8.09. The van der Waals surface area contributed by atoms with E-state index < -0.39 is 0 Å². The minimum absolute atomic E-state index is 0.0783. The van der Waals surface area contributed by atoms with E-state index in [1.54, 1.807) is 13.2 Å². The number of aromatic amines is 1. The number of aromatic nitrogens is 3. The molecule has 5 aromatic rings. The Morgan fingerprint density at radius 2 is 1.82 bits per heavy atom. The number of rotatable bonds is 7. The lowest BCUT2D eigenvalue weighted by molar-refractivity contribution is -0.121. The maximum atomic E-state index is 13.0. The number of benzene rings is 3. The van der Waals surface area contributed by atoms with E-state index in [0.29, 0.717) is 17.6 Å². The van der Waals surface area contributed by atoms with Gasteiger partial charge >= 0.3 is 0 Å². The van der Waals surface area contributed by atoms with Gasteiger partial charge in [-0.05, 0) is 41.5 Å². The predicted octanol–water partition coefficient (Wildman–Crippen LogP) is 3.83. The van der Waals surface area contributed by atoms with Gasteiger partial charge in [0.15, 0.2) is 0 Å². The van der Waals surface area contributed by atoms with Crippen molar-refractivity contribution in [2.45, 2.75) is 12.5 Å². The van der Waals surface area contributed by atoms with Crippen LogP contribution in [0, 0.1) is 0 Å². The molecule has 0 radical (unpaired) electrons. The second-order valence-electron chi connectivity index (χ2n) is 8.09. The molecular weight excluding hydrogens is 428 g/mol. The summed E-state index contributed by atoms with van der Waals surface area (Å²) in [5.41, 5.74) is 4.18. The summed E-state index contributed by atoms with van der Waals surface area (Å²) in [6.45, 7) is 0.301. The molecule has 34 heavy (non-hydrogen) atoms. The zero-order valence-corrected chi connectivity index (χ0v) is 18.7. The second kappa shape index (κ2) is 9.23. The Hall–Kier alpha value is -4.39. The van der Waals surface area contributed by atoms with Gasteiger partial charge in [-0.15, -0.1) is 0 Å². The number of ether oxygens (including phenoxy) is 1. The maximum absolute atomic E-state index is 13.0. The molecule has 0 spiro atoms. The largest absolute Gasteiger partial charge is 0.497 e. The van der Waals surface area contributed by atoms with Gasteiger partial charge in [0.05, 0.1) is 24.3 Å². The van der Waals surface area contributed by atoms with E-state index in [9.17, 15) is 9.59 Å². The number of hydrogen-bond donors (Lipinski definition) is 2. The number of carbonyl (C=O) groups excluding carboxylic acids is 1. The molecule has 7 heteroatoms. The van der Waals surface area contributed by atoms with Crippen molar-refractivity contribution in [1.82, 2.24) is 19.9 Å². The number of para-hydroxylation sites is 3. The summed E-state index contributed by atoms with van der Waals surface area (Å²) in [5.74, 6) is 0.447. The van der Waals surface area contributed by atoms with Crippen LogP contribution in [0.3, 0.4) is 0 Å². The van der Waals surface area contributed by atoms with Crippen LogP contribution < -0.4 is 15.6 Å². The number of fused-ring (bicyclic) bond motifs is 2. The normalized spacial score (nSPS) is 12.0. The summed E-state index contributed by atoms with van der Waals surface area (Å²) in [7, 11) is 1.64. The Kier molecular flexibility index (Phi) is 5.82. The standard InChI is InChI=1S/C27H24N4O3/c1-34-19-12-10-18(11-13-19)21(22-15-28-23-7-3-2-6-20(22)23)14-30-26(32)17-31-25-9-5-4-8-24(25)29-16-27(31)33/h2-13,15-16,21,28H,14,17H2,1H3,(H,30,32)/t21-/m1/s1. The van der Waals surface area contributed by atoms with Crippen LogP contribution in [0.2, 0.25) is 0 Å². The summed E-state index contributed by atoms with van der Waals surface area (Å²) < 4.78 is 6.76. The molecule has 1 amide bonds. The molecule has 2 heterocycles. The Morgan fingerprint density at radius 1 is 1.06 bits per heavy atom. The van der Waals surface area contributed by atoms with Crippen LogP contribution in [-0.2, 0) is 11.3 Å². The zero-order valence-electron chi connectivity index (χ0n) is 18.7. The Bertz CT molecular complexity index is 1520. The van der Waals surface area contributed by atoms with Crippen LogP contribution in [0.1, 0.15) is 17.0 Å². The van der Waals surface area contributed by atoms with Crippen molar-refractivity contribution in [3.05, 3.63) is 107 Å². The van der Waals surface area contributed by atoms with Gasteiger partial charge in [-0.25, -0.2) is 4.98 Å². The number of carbonyl (C=O) groups is 1. The molecule has 2 N–H and O–H groups in total. The molecule has 0 bridgehead atoms. The summed E-state index contributed by atoms with van der Waals surface area (Å²) in [5, 5.41) is 4.14. The number of nitrogens with one attached hydrogen (secondary N) is 2. The van der Waals surface area contributed by atoms with Gasteiger partial charge in [0.1, 0.15) is 12.3 Å². The number of hydrogen-bond acceptors (Lipinski definition) is 4. The lowest BCUT2D eigenvalue weighted by Gasteiger charge is -2.19. The van der Waals surface area contributed by atoms with Crippen molar-refractivity contribution in [1.29, 1.82) is 0 Å². The lowest BCUT2D eigenvalue weighted by Crippen LogP contribution is -2.35. The number of methoxy groups -OCH3 is 1. The molecule has 0 aliphatic heterocycles. The molecule has 5 rings (SSSR count). The van der Waals surface area contributed by atoms with Crippen LogP contribution in [0.15, 0.2) is 90.0 Å². The number of nitrogens with zero attached hydrogens (tertiary/aromatic N) is 2. The van der Waals surface area contributed by atoms with Gasteiger partial charge in [0.2, 0.25) is 5.91 Å². The minimum atomic E-state index is -0.308. The molecule has 0 saturated carbocycles. The molecule has 0 aliphatic carbocycles. The fourth-order valence-electron chi connectivity index (χ4n) is 4.32. The lowest BCUT2D eigenvalue weighted by atomic mass is 9.91. The van der Waals surface area contributed by atoms with Gasteiger partial charge in [0.25, 0.3) is 5.56 Å². The topological polar surface area (TPSA) is 89.0 Å². The Morgan fingerprint density at radius 3 is 2.65 bits per heavy atom. The molecule has 0 fully saturated rings. The minimum Gasteiger partial charge on any atom is -0.497 e. The first kappa shape index (κ1) is 21.5. The smallest absolute Gasteiger partial charge is 0.269 e. The first-order valence-corrected chi connectivity index (χ1v) is 11.1. The molecule has 2 aromatic heterocycles. The van der Waals surface area contributed by atoms with Gasteiger partial charge in [0, 0.05) is 29.6 Å². The van der Waals surface area contributed by atoms with Crippen LogP contribution >= 0.6 is 0 Å². The predicted molar refractivity (Wildman–Crippen MR) is 132 cm³/mol. The number of amides is 1. The molecule has 0 saturated heterocycles. The highest BCUT2D eigenvalue weighted by Gasteiger charge is 2.20. The van der Waals surface area contributed by atoms with Crippen molar-refractivity contribution in [3.8, 4) is 5.75 Å². The van der Waals surface area contributed by atoms with E-state index in [4.69, 9.17) is 4.74 Å². The van der Waals surface area contributed by atoms with Crippen LogP contribution in [0.4, 0.5) is 0 Å². The summed E-state index contributed by atoms with van der Waals surface area (Å²) in [6.07, 6.45) is 3.24. The van der Waals surface area contributed by atoms with Crippen LogP contribution in [0.25, 0.3) is 21.9 Å². The van der Waals surface area contributed by atoms with Crippen molar-refractivity contribution in [2.24, 2.45) is 0 Å². The quantitative estimate of drug-likeness (QED) is 0.393. The van der Waals surface area contributed by atoms with Gasteiger partial charge in [-0.3, -0.25) is 14.2 Å². The van der Waals surface area contributed by atoms with Gasteiger partial charge < -0.3 is 15.0 Å². The molecule has 1 atom stereocenters. The van der Waals surface area contributed by atoms with Crippen LogP contribution in [-0.4, -0.2) is 34.1 Å². The zero-order chi connectivity index (χ0) is 23.5. The highest BCUT2D eigenvalue weighted by molar-refractivity contribution is 5.84. The van der Waals surface area contributed by atoms with E-state index in [1.165, 1.54) is 10.8 Å². The molecule has 0 unspecified atom stereocenters. The van der Waals surface area contributed by atoms with Gasteiger partial charge in [-0.2, -0.15) is 0 Å². The number of H-pyrrole nitrogens is 1. The fraction of sp³-hybridized carbons (Fsp3) is 0.148. The summed E-state index contributed by atoms with van der Waals surface area (Å²) in [4.78, 5) is 32.9. The summed E-state index contributed by atoms with van der Waals surface area (Å²) >= 11 is 0. The SMILES string of the molecule is COc1ccc([C@@H](CNC(=O)Cn2c(=O)cnc3ccccc32)c2c[nH]c3ccccc23)cc1. The Labute approximate surface area is 196 Å². The van der Waals surface area contributed by atoms with Crippen LogP contribution in [0.5, 0.6) is 5.75 Å². The van der Waals surface area contributed by atoms with E-state index in [0.717, 1.165) is 27.8 Å². The molecule has 170 valence electrons.